The van der Waals surface area contributed by atoms with E-state index in [1.165, 1.54) is 18.3 Å². The number of phenolic OH excluding ortho intramolecular Hbond substituents is 1. The van der Waals surface area contributed by atoms with Crippen molar-refractivity contribution >= 4 is 35.2 Å². The highest BCUT2D eigenvalue weighted by Crippen LogP contribution is 2.33. The van der Waals surface area contributed by atoms with Gasteiger partial charge in [0.15, 0.2) is 5.11 Å². The van der Waals surface area contributed by atoms with E-state index < -0.39 is 5.97 Å². The van der Waals surface area contributed by atoms with Gasteiger partial charge >= 0.3 is 5.97 Å². The Morgan fingerprint density at radius 3 is 2.38 bits per heavy atom. The summed E-state index contributed by atoms with van der Waals surface area (Å²) < 4.78 is 0. The molecular weight excluding hydrogens is 386 g/mol. The quantitative estimate of drug-likeness (QED) is 0.286. The lowest BCUT2D eigenvalue weighted by Crippen LogP contribution is -2.23. The zero-order valence-corrected chi connectivity index (χ0v) is 16.4. The van der Waals surface area contributed by atoms with Gasteiger partial charge in [-0.1, -0.05) is 36.4 Å². The summed E-state index contributed by atoms with van der Waals surface area (Å²) in [5, 5.41) is 26.7. The van der Waals surface area contributed by atoms with Crippen molar-refractivity contribution in [1.29, 1.82) is 0 Å². The van der Waals surface area contributed by atoms with Crippen LogP contribution in [0.2, 0.25) is 0 Å². The molecule has 4 N–H and O–H groups in total. The van der Waals surface area contributed by atoms with Crippen LogP contribution in [-0.4, -0.2) is 27.5 Å². The molecule has 29 heavy (non-hydrogen) atoms. The molecule has 0 atom stereocenters. The molecule has 0 unspecified atom stereocenters. The Labute approximate surface area is 173 Å². The van der Waals surface area contributed by atoms with Crippen molar-refractivity contribution in [3.8, 4) is 16.9 Å². The molecule has 0 aromatic heterocycles. The second kappa shape index (κ2) is 8.99. The molecule has 3 rings (SSSR count). The minimum Gasteiger partial charge on any atom is -0.507 e. The Morgan fingerprint density at radius 1 is 1.00 bits per heavy atom. The van der Waals surface area contributed by atoms with Crippen LogP contribution in [0, 0.1) is 6.92 Å². The summed E-state index contributed by atoms with van der Waals surface area (Å²) in [6, 6.07) is 19.5. The third-order valence-corrected chi connectivity index (χ3v) is 4.46. The van der Waals surface area contributed by atoms with Gasteiger partial charge in [-0.05, 0) is 60.6 Å². The molecular formula is C22H19N3O3S. The highest BCUT2D eigenvalue weighted by Gasteiger charge is 2.09. The number of para-hydroxylation sites is 1. The Morgan fingerprint density at radius 2 is 1.69 bits per heavy atom. The summed E-state index contributed by atoms with van der Waals surface area (Å²) in [6.07, 6.45) is 1.48. The van der Waals surface area contributed by atoms with Crippen LogP contribution in [0.1, 0.15) is 21.5 Å². The number of aromatic hydroxyl groups is 1. The number of anilines is 1. The van der Waals surface area contributed by atoms with Crippen molar-refractivity contribution in [2.45, 2.75) is 6.92 Å². The molecule has 0 saturated heterocycles. The van der Waals surface area contributed by atoms with Gasteiger partial charge < -0.3 is 15.5 Å². The van der Waals surface area contributed by atoms with Crippen molar-refractivity contribution in [2.24, 2.45) is 5.10 Å². The summed E-state index contributed by atoms with van der Waals surface area (Å²) >= 11 is 5.17. The molecule has 146 valence electrons. The van der Waals surface area contributed by atoms with Crippen molar-refractivity contribution in [2.75, 3.05) is 5.32 Å². The summed E-state index contributed by atoms with van der Waals surface area (Å²) in [4.78, 5) is 10.9. The van der Waals surface area contributed by atoms with E-state index >= 15 is 0 Å². The third kappa shape index (κ3) is 4.97. The number of nitrogens with zero attached hydrogens (tertiary/aromatic N) is 1. The van der Waals surface area contributed by atoms with Gasteiger partial charge in [0.25, 0.3) is 0 Å². The molecule has 0 heterocycles. The Bertz CT molecular complexity index is 1080. The largest absolute Gasteiger partial charge is 0.507 e. The first-order valence-corrected chi connectivity index (χ1v) is 9.18. The Kier molecular flexibility index (Phi) is 6.21. The average Bonchev–Trinajstić information content (AvgIpc) is 2.70. The van der Waals surface area contributed by atoms with E-state index in [4.69, 9.17) is 17.3 Å². The maximum absolute atomic E-state index is 10.9. The number of rotatable bonds is 5. The number of carbonyl (C=O) groups is 1. The molecule has 7 heteroatoms. The highest BCUT2D eigenvalue weighted by molar-refractivity contribution is 7.80. The van der Waals surface area contributed by atoms with Crippen LogP contribution in [0.25, 0.3) is 11.1 Å². The van der Waals surface area contributed by atoms with Crippen LogP contribution in [0.5, 0.6) is 5.75 Å². The Balaban J connectivity index is 1.67. The SMILES string of the molecule is Cc1ccccc1-c1cccc(/C=N\NC(=S)Nc2ccc(C(=O)O)cc2)c1O. The molecule has 0 radical (unpaired) electrons. The number of carboxylic acid groups (broad SMARTS) is 1. The van der Waals surface area contributed by atoms with Crippen molar-refractivity contribution in [3.05, 3.63) is 83.4 Å². The molecule has 0 aliphatic carbocycles. The average molecular weight is 405 g/mol. The van der Waals surface area contributed by atoms with Gasteiger partial charge in [-0.15, -0.1) is 0 Å². The van der Waals surface area contributed by atoms with Crippen molar-refractivity contribution in [3.63, 3.8) is 0 Å². The minimum absolute atomic E-state index is 0.135. The first kappa shape index (κ1) is 20.0. The number of aryl methyl sites for hydroxylation is 1. The molecule has 3 aromatic rings. The molecule has 0 bridgehead atoms. The van der Waals surface area contributed by atoms with Crippen LogP contribution in [0.3, 0.4) is 0 Å². The topological polar surface area (TPSA) is 94.0 Å². The van der Waals surface area contributed by atoms with Gasteiger partial charge in [0.1, 0.15) is 5.75 Å². The fraction of sp³-hybridized carbons (Fsp3) is 0.0455. The number of hydrazone groups is 1. The summed E-state index contributed by atoms with van der Waals surface area (Å²) in [5.74, 6) is -0.856. The van der Waals surface area contributed by atoms with Crippen molar-refractivity contribution < 1.29 is 15.0 Å². The van der Waals surface area contributed by atoms with Crippen LogP contribution in [-0.2, 0) is 0 Å². The molecule has 0 spiro atoms. The van der Waals surface area contributed by atoms with E-state index in [-0.39, 0.29) is 16.4 Å². The summed E-state index contributed by atoms with van der Waals surface area (Å²) in [6.45, 7) is 1.99. The van der Waals surface area contributed by atoms with Gasteiger partial charge in [0, 0.05) is 16.8 Å². The molecule has 0 amide bonds. The predicted molar refractivity (Wildman–Crippen MR) is 119 cm³/mol. The van der Waals surface area contributed by atoms with Gasteiger partial charge in [0.2, 0.25) is 0 Å². The number of nitrogens with one attached hydrogen (secondary N) is 2. The molecule has 0 saturated carbocycles. The van der Waals surface area contributed by atoms with Crippen LogP contribution < -0.4 is 10.7 Å². The molecule has 6 nitrogen and oxygen atoms in total. The maximum Gasteiger partial charge on any atom is 0.335 e. The predicted octanol–water partition coefficient (Wildman–Crippen LogP) is 4.39. The summed E-state index contributed by atoms with van der Waals surface area (Å²) in [7, 11) is 0. The maximum atomic E-state index is 10.9. The highest BCUT2D eigenvalue weighted by atomic mass is 32.1. The lowest BCUT2D eigenvalue weighted by molar-refractivity contribution is 0.0697. The number of hydrogen-bond donors (Lipinski definition) is 4. The van der Waals surface area contributed by atoms with Crippen LogP contribution >= 0.6 is 12.2 Å². The van der Waals surface area contributed by atoms with Crippen molar-refractivity contribution in [1.82, 2.24) is 5.43 Å². The van der Waals surface area contributed by atoms with Gasteiger partial charge in [-0.25, -0.2) is 4.79 Å². The van der Waals surface area contributed by atoms with Gasteiger partial charge in [-0.2, -0.15) is 5.10 Å². The molecule has 0 aliphatic rings. The van der Waals surface area contributed by atoms with Crippen LogP contribution in [0.15, 0.2) is 71.8 Å². The smallest absolute Gasteiger partial charge is 0.335 e. The zero-order chi connectivity index (χ0) is 20.8. The molecule has 0 aliphatic heterocycles. The Hall–Kier alpha value is -3.71. The zero-order valence-electron chi connectivity index (χ0n) is 15.6. The number of benzene rings is 3. The third-order valence-electron chi connectivity index (χ3n) is 4.26. The molecule has 3 aromatic carbocycles. The number of thiocarbonyl (C=S) groups is 1. The van der Waals surface area contributed by atoms with Gasteiger partial charge in [0.05, 0.1) is 11.8 Å². The van der Waals surface area contributed by atoms with E-state index in [1.54, 1.807) is 18.2 Å². The number of aromatic carboxylic acids is 1. The van der Waals surface area contributed by atoms with E-state index in [0.29, 0.717) is 11.3 Å². The number of hydrogen-bond acceptors (Lipinski definition) is 4. The lowest BCUT2D eigenvalue weighted by atomic mass is 9.98. The van der Waals surface area contributed by atoms with Gasteiger partial charge in [-0.3, -0.25) is 5.43 Å². The number of phenols is 1. The fourth-order valence-electron chi connectivity index (χ4n) is 2.77. The normalized spacial score (nSPS) is 10.7. The van der Waals surface area contributed by atoms with E-state index in [2.05, 4.69) is 15.8 Å². The standard InChI is InChI=1S/C22H19N3O3S/c1-14-5-2-3-7-18(14)19-8-4-6-16(20(19)26)13-23-25-22(29)24-17-11-9-15(10-12-17)21(27)28/h2-13,26H,1H3,(H,27,28)(H2,24,25,29)/b23-13-. The first-order chi connectivity index (χ1) is 14.0. The molecule has 0 fully saturated rings. The lowest BCUT2D eigenvalue weighted by Gasteiger charge is -2.10. The second-order valence-electron chi connectivity index (χ2n) is 6.26. The minimum atomic E-state index is -0.991. The fourth-order valence-corrected chi connectivity index (χ4v) is 2.94. The van der Waals surface area contributed by atoms with E-state index in [0.717, 1.165) is 16.7 Å². The monoisotopic (exact) mass is 405 g/mol. The number of carboxylic acids is 1. The van der Waals surface area contributed by atoms with E-state index in [1.807, 2.05) is 43.3 Å². The first-order valence-electron chi connectivity index (χ1n) is 8.77. The van der Waals surface area contributed by atoms with Crippen LogP contribution in [0.4, 0.5) is 5.69 Å². The second-order valence-corrected chi connectivity index (χ2v) is 6.67. The van der Waals surface area contributed by atoms with E-state index in [9.17, 15) is 9.90 Å². The summed E-state index contributed by atoms with van der Waals surface area (Å²) in [5.41, 5.74) is 6.79.